The number of amides is 3. The van der Waals surface area contributed by atoms with E-state index in [0.29, 0.717) is 17.5 Å². The molecule has 2 aromatic carbocycles. The summed E-state index contributed by atoms with van der Waals surface area (Å²) in [7, 11) is 1.20. The van der Waals surface area contributed by atoms with Crippen LogP contribution in [0.5, 0.6) is 5.75 Å². The number of alkyl halides is 3. The number of rotatable bonds is 6. The normalized spacial score (nSPS) is 18.1. The molecular weight excluding hydrogens is 455 g/mol. The van der Waals surface area contributed by atoms with E-state index in [0.717, 1.165) is 0 Å². The van der Waals surface area contributed by atoms with Crippen LogP contribution < -0.4 is 15.4 Å². The van der Waals surface area contributed by atoms with Gasteiger partial charge in [-0.3, -0.25) is 9.59 Å². The molecule has 3 rings (SSSR count). The molecule has 0 aliphatic carbocycles. The van der Waals surface area contributed by atoms with Gasteiger partial charge in [-0.1, -0.05) is 30.3 Å². The molecule has 2 N–H and O–H groups in total. The number of likely N-dealkylation sites (tertiary alicyclic amines) is 1. The summed E-state index contributed by atoms with van der Waals surface area (Å²) in [6, 6.07) is 13.0. The van der Waals surface area contributed by atoms with E-state index >= 15 is 0 Å². The molecule has 0 bridgehead atoms. The number of esters is 1. The second-order valence-corrected chi connectivity index (χ2v) is 7.73. The fourth-order valence-electron chi connectivity index (χ4n) is 3.74. The Hall–Kier alpha value is -3.76. The minimum atomic E-state index is -4.80. The number of nitrogens with one attached hydrogen (secondary N) is 2. The van der Waals surface area contributed by atoms with Gasteiger partial charge in [0.15, 0.2) is 0 Å². The molecule has 0 aromatic heterocycles. The lowest BCUT2D eigenvalue weighted by Gasteiger charge is -2.38. The lowest BCUT2D eigenvalue weighted by atomic mass is 9.88. The van der Waals surface area contributed by atoms with Crippen molar-refractivity contribution in [3.8, 4) is 5.75 Å². The lowest BCUT2D eigenvalue weighted by Crippen LogP contribution is -2.54. The molecule has 182 valence electrons. The summed E-state index contributed by atoms with van der Waals surface area (Å²) < 4.78 is 45.8. The zero-order valence-corrected chi connectivity index (χ0v) is 18.3. The van der Waals surface area contributed by atoms with Gasteiger partial charge < -0.3 is 25.0 Å². The van der Waals surface area contributed by atoms with Gasteiger partial charge in [0.05, 0.1) is 7.11 Å². The zero-order chi connectivity index (χ0) is 24.7. The average molecular weight is 479 g/mol. The molecule has 3 amide bonds. The Morgan fingerprint density at radius 2 is 1.71 bits per heavy atom. The first-order valence-electron chi connectivity index (χ1n) is 10.5. The molecular formula is C23H24F3N3O5. The number of halogens is 3. The van der Waals surface area contributed by atoms with Crippen LogP contribution in [0.4, 0.5) is 18.0 Å². The van der Waals surface area contributed by atoms with Gasteiger partial charge in [-0.15, -0.1) is 13.2 Å². The van der Waals surface area contributed by atoms with E-state index < -0.39 is 24.4 Å². The van der Waals surface area contributed by atoms with Gasteiger partial charge in [-0.2, -0.15) is 0 Å². The quantitative estimate of drug-likeness (QED) is 0.621. The van der Waals surface area contributed by atoms with Crippen LogP contribution in [0.25, 0.3) is 0 Å². The second-order valence-electron chi connectivity index (χ2n) is 7.73. The predicted octanol–water partition coefficient (Wildman–Crippen LogP) is 3.06. The Bertz CT molecular complexity index is 999. The van der Waals surface area contributed by atoms with Gasteiger partial charge in [0, 0.05) is 30.6 Å². The Balaban J connectivity index is 1.75. The fourth-order valence-corrected chi connectivity index (χ4v) is 3.74. The lowest BCUT2D eigenvalue weighted by molar-refractivity contribution is -0.274. The fraction of sp³-hybridized carbons (Fsp3) is 0.348. The zero-order valence-electron chi connectivity index (χ0n) is 18.3. The largest absolute Gasteiger partial charge is 0.573 e. The highest BCUT2D eigenvalue weighted by Gasteiger charge is 2.33. The first-order valence-corrected chi connectivity index (χ1v) is 10.5. The van der Waals surface area contributed by atoms with Gasteiger partial charge >= 0.3 is 18.4 Å². The number of carbonyl (C=O) groups excluding carboxylic acids is 3. The highest BCUT2D eigenvalue weighted by Crippen LogP contribution is 2.30. The van der Waals surface area contributed by atoms with Crippen LogP contribution in [0.1, 0.15) is 28.3 Å². The average Bonchev–Trinajstić information content (AvgIpc) is 2.82. The summed E-state index contributed by atoms with van der Waals surface area (Å²) in [5.41, 5.74) is 1.14. The standard InChI is InChI=1S/C23H24F3N3O5/c1-33-20(30)12-27-22(32)29-13-17(15-7-9-19(10-8-15)34-23(24,25)26)11-18(14-29)28-21(31)16-5-3-2-4-6-16/h2-10,17-18H,11-14H2,1H3,(H,27,32)(H,28,31). The molecule has 2 unspecified atom stereocenters. The highest BCUT2D eigenvalue weighted by atomic mass is 19.4. The maximum Gasteiger partial charge on any atom is 0.573 e. The van der Waals surface area contributed by atoms with Gasteiger partial charge in [-0.25, -0.2) is 4.79 Å². The minimum absolute atomic E-state index is 0.192. The monoisotopic (exact) mass is 479 g/mol. The van der Waals surface area contributed by atoms with Crippen LogP contribution in [0.3, 0.4) is 0 Å². The van der Waals surface area contributed by atoms with E-state index in [9.17, 15) is 27.6 Å². The van der Waals surface area contributed by atoms with Crippen LogP contribution in [0, 0.1) is 0 Å². The van der Waals surface area contributed by atoms with E-state index in [1.54, 1.807) is 30.3 Å². The summed E-state index contributed by atoms with van der Waals surface area (Å²) in [6.45, 7) is 0.114. The molecule has 34 heavy (non-hydrogen) atoms. The molecule has 0 spiro atoms. The van der Waals surface area contributed by atoms with Gasteiger partial charge in [0.2, 0.25) is 0 Å². The van der Waals surface area contributed by atoms with Gasteiger partial charge in [0.25, 0.3) is 5.91 Å². The Labute approximate surface area is 194 Å². The van der Waals surface area contributed by atoms with Crippen LogP contribution in [0.2, 0.25) is 0 Å². The topological polar surface area (TPSA) is 97.0 Å². The summed E-state index contributed by atoms with van der Waals surface area (Å²) in [5.74, 6) is -1.56. The van der Waals surface area contributed by atoms with E-state index in [-0.39, 0.29) is 37.2 Å². The molecule has 1 fully saturated rings. The molecule has 11 heteroatoms. The first kappa shape index (κ1) is 24.9. The smallest absolute Gasteiger partial charge is 0.468 e. The second kappa shape index (κ2) is 10.9. The van der Waals surface area contributed by atoms with Gasteiger partial charge in [0.1, 0.15) is 12.3 Å². The van der Waals surface area contributed by atoms with Crippen molar-refractivity contribution < 1.29 is 37.0 Å². The first-order chi connectivity index (χ1) is 16.1. The predicted molar refractivity (Wildman–Crippen MR) is 115 cm³/mol. The Morgan fingerprint density at radius 1 is 1.03 bits per heavy atom. The summed E-state index contributed by atoms with van der Waals surface area (Å²) in [5, 5.41) is 5.38. The molecule has 8 nitrogen and oxygen atoms in total. The molecule has 0 saturated carbocycles. The third kappa shape index (κ3) is 7.12. The number of carbonyl (C=O) groups is 3. The van der Waals surface area contributed by atoms with E-state index in [1.165, 1.54) is 36.3 Å². The maximum absolute atomic E-state index is 12.7. The number of benzene rings is 2. The molecule has 1 aliphatic rings. The van der Waals surface area contributed by atoms with Crippen molar-refractivity contribution in [3.63, 3.8) is 0 Å². The molecule has 2 aromatic rings. The maximum atomic E-state index is 12.7. The SMILES string of the molecule is COC(=O)CNC(=O)N1CC(NC(=O)c2ccccc2)CC(c2ccc(OC(F)(F)F)cc2)C1. The molecule has 1 aliphatic heterocycles. The minimum Gasteiger partial charge on any atom is -0.468 e. The molecule has 1 saturated heterocycles. The Morgan fingerprint density at radius 3 is 2.32 bits per heavy atom. The number of ether oxygens (including phenoxy) is 2. The van der Waals surface area contributed by atoms with Crippen molar-refractivity contribution >= 4 is 17.9 Å². The number of hydrogen-bond donors (Lipinski definition) is 2. The van der Waals surface area contributed by atoms with Crippen LogP contribution in [0.15, 0.2) is 54.6 Å². The van der Waals surface area contributed by atoms with Crippen LogP contribution in [-0.2, 0) is 9.53 Å². The summed E-state index contributed by atoms with van der Waals surface area (Å²) >= 11 is 0. The van der Waals surface area contributed by atoms with Crippen molar-refractivity contribution in [1.82, 2.24) is 15.5 Å². The van der Waals surface area contributed by atoms with E-state index in [2.05, 4.69) is 20.1 Å². The molecule has 0 radical (unpaired) electrons. The number of nitrogens with zero attached hydrogens (tertiary/aromatic N) is 1. The van der Waals surface area contributed by atoms with Crippen molar-refractivity contribution in [2.75, 3.05) is 26.7 Å². The third-order valence-corrected chi connectivity index (χ3v) is 5.31. The number of piperidine rings is 1. The Kier molecular flexibility index (Phi) is 7.98. The summed E-state index contributed by atoms with van der Waals surface area (Å²) in [6.07, 6.45) is -4.34. The number of methoxy groups -OCH3 is 1. The third-order valence-electron chi connectivity index (χ3n) is 5.31. The number of hydrogen-bond acceptors (Lipinski definition) is 5. The van der Waals surface area contributed by atoms with Crippen molar-refractivity contribution in [3.05, 3.63) is 65.7 Å². The van der Waals surface area contributed by atoms with E-state index in [4.69, 9.17) is 0 Å². The molecule has 2 atom stereocenters. The van der Waals surface area contributed by atoms with Crippen LogP contribution >= 0.6 is 0 Å². The van der Waals surface area contributed by atoms with Gasteiger partial charge in [-0.05, 0) is 36.2 Å². The highest BCUT2D eigenvalue weighted by molar-refractivity contribution is 5.94. The van der Waals surface area contributed by atoms with E-state index in [1.807, 2.05) is 0 Å². The van der Waals surface area contributed by atoms with Crippen molar-refractivity contribution in [1.29, 1.82) is 0 Å². The summed E-state index contributed by atoms with van der Waals surface area (Å²) in [4.78, 5) is 38.1. The number of urea groups is 1. The van der Waals surface area contributed by atoms with Crippen molar-refractivity contribution in [2.45, 2.75) is 24.7 Å². The van der Waals surface area contributed by atoms with Crippen LogP contribution in [-0.4, -0.2) is 62.0 Å². The van der Waals surface area contributed by atoms with Crippen molar-refractivity contribution in [2.24, 2.45) is 0 Å². The molecule has 1 heterocycles.